The topological polar surface area (TPSA) is 106 Å². The Morgan fingerprint density at radius 1 is 1.35 bits per heavy atom. The minimum Gasteiger partial charge on any atom is -0.391 e. The van der Waals surface area contributed by atoms with Crippen LogP contribution in [0.25, 0.3) is 11.8 Å². The highest BCUT2D eigenvalue weighted by Crippen LogP contribution is 2.48. The number of hydrazine groups is 1. The standard InChI is InChI=1S/C23H24FN7OS2/c1-29(26)13-20(25)34-30-8-6-16-10-19-15(12-28-31(19)18-4-2-17(24)3-5-18)11-23(16,14-30)21(32)22-27-7-9-33-22/h2-5,7,9-10,12-13H,6,8,11,14,25-26H2,1H3/b20-13+. The fourth-order valence-corrected chi connectivity index (χ4v) is 6.25. The minimum atomic E-state index is -0.762. The summed E-state index contributed by atoms with van der Waals surface area (Å²) in [6, 6.07) is 6.24. The molecule has 34 heavy (non-hydrogen) atoms. The van der Waals surface area contributed by atoms with E-state index in [0.717, 1.165) is 29.1 Å². The van der Waals surface area contributed by atoms with Crippen molar-refractivity contribution in [3.63, 3.8) is 0 Å². The van der Waals surface area contributed by atoms with Crippen LogP contribution in [0.3, 0.4) is 0 Å². The number of hydrogen-bond acceptors (Lipinski definition) is 9. The van der Waals surface area contributed by atoms with E-state index in [1.807, 2.05) is 5.38 Å². The molecule has 0 amide bonds. The van der Waals surface area contributed by atoms with E-state index in [1.165, 1.54) is 40.4 Å². The lowest BCUT2D eigenvalue weighted by Crippen LogP contribution is -2.49. The van der Waals surface area contributed by atoms with Crippen molar-refractivity contribution in [3.05, 3.63) is 80.9 Å². The van der Waals surface area contributed by atoms with Gasteiger partial charge in [0.15, 0.2) is 5.01 Å². The van der Waals surface area contributed by atoms with Crippen molar-refractivity contribution >= 4 is 35.1 Å². The van der Waals surface area contributed by atoms with E-state index >= 15 is 0 Å². The number of rotatable bonds is 6. The van der Waals surface area contributed by atoms with Gasteiger partial charge in [0.1, 0.15) is 5.82 Å². The number of thiazole rings is 1. The first-order valence-electron chi connectivity index (χ1n) is 10.7. The highest BCUT2D eigenvalue weighted by atomic mass is 32.2. The van der Waals surface area contributed by atoms with E-state index in [1.54, 1.807) is 42.5 Å². The molecule has 3 heterocycles. The monoisotopic (exact) mass is 497 g/mol. The van der Waals surface area contributed by atoms with Gasteiger partial charge in [-0.3, -0.25) is 4.79 Å². The second-order valence-electron chi connectivity index (χ2n) is 8.44. The second kappa shape index (κ2) is 8.99. The van der Waals surface area contributed by atoms with Crippen molar-refractivity contribution in [3.8, 4) is 5.69 Å². The largest absolute Gasteiger partial charge is 0.391 e. The van der Waals surface area contributed by atoms with Crippen molar-refractivity contribution in [2.45, 2.75) is 12.8 Å². The number of ketones is 1. The van der Waals surface area contributed by atoms with Gasteiger partial charge in [-0.25, -0.2) is 24.2 Å². The number of nitrogens with zero attached hydrogens (tertiary/aromatic N) is 5. The maximum absolute atomic E-state index is 13.9. The van der Waals surface area contributed by atoms with E-state index in [4.69, 9.17) is 11.6 Å². The third-order valence-corrected chi connectivity index (χ3v) is 7.74. The molecule has 1 aromatic carbocycles. The maximum Gasteiger partial charge on any atom is 0.203 e. The molecule has 2 aromatic heterocycles. The van der Waals surface area contributed by atoms with Gasteiger partial charge in [0, 0.05) is 37.9 Å². The molecule has 1 aliphatic carbocycles. The van der Waals surface area contributed by atoms with Gasteiger partial charge in [0.25, 0.3) is 0 Å². The highest BCUT2D eigenvalue weighted by Gasteiger charge is 2.49. The molecule has 0 saturated carbocycles. The van der Waals surface area contributed by atoms with E-state index in [9.17, 15) is 9.18 Å². The first-order valence-corrected chi connectivity index (χ1v) is 12.4. The smallest absolute Gasteiger partial charge is 0.203 e. The molecular formula is C23H24FN7OS2. The number of carbonyl (C=O) groups is 1. The summed E-state index contributed by atoms with van der Waals surface area (Å²) >= 11 is 2.75. The zero-order chi connectivity index (χ0) is 23.9. The van der Waals surface area contributed by atoms with E-state index in [-0.39, 0.29) is 11.6 Å². The number of piperidine rings is 1. The molecule has 1 atom stereocenters. The SMILES string of the molecule is CN(N)/C=C(\N)SN1CCC2=Cc3c(cnn3-c3ccc(F)cc3)CC2(C(=O)c2nccs2)C1. The maximum atomic E-state index is 13.9. The Hall–Kier alpha value is -2.99. The molecule has 3 aromatic rings. The molecule has 1 aliphatic heterocycles. The van der Waals surface area contributed by atoms with Gasteiger partial charge in [0.05, 0.1) is 28.0 Å². The molecule has 8 nitrogen and oxygen atoms in total. The van der Waals surface area contributed by atoms with Crippen molar-refractivity contribution in [2.75, 3.05) is 20.1 Å². The lowest BCUT2D eigenvalue weighted by atomic mass is 9.66. The van der Waals surface area contributed by atoms with Crippen molar-refractivity contribution < 1.29 is 9.18 Å². The zero-order valence-corrected chi connectivity index (χ0v) is 20.2. The predicted octanol–water partition coefficient (Wildman–Crippen LogP) is 3.19. The fourth-order valence-electron chi connectivity index (χ4n) is 4.60. The normalized spacial score (nSPS) is 20.4. The summed E-state index contributed by atoms with van der Waals surface area (Å²) < 4.78 is 17.4. The first kappa shape index (κ1) is 22.8. The quantitative estimate of drug-likeness (QED) is 0.232. The van der Waals surface area contributed by atoms with Crippen LogP contribution in [0.1, 0.15) is 27.5 Å². The average Bonchev–Trinajstić information content (AvgIpc) is 3.47. The van der Waals surface area contributed by atoms with Gasteiger partial charge >= 0.3 is 0 Å². The van der Waals surface area contributed by atoms with Crippen LogP contribution in [0, 0.1) is 11.2 Å². The Morgan fingerprint density at radius 2 is 2.15 bits per heavy atom. The Labute approximate surface area is 204 Å². The Kier molecular flexibility index (Phi) is 6.02. The molecule has 0 spiro atoms. The van der Waals surface area contributed by atoms with E-state index in [2.05, 4.69) is 20.5 Å². The number of hydrogen-bond donors (Lipinski definition) is 2. The molecular weight excluding hydrogens is 473 g/mol. The summed E-state index contributed by atoms with van der Waals surface area (Å²) in [4.78, 5) is 18.2. The van der Waals surface area contributed by atoms with Crippen LogP contribution < -0.4 is 11.6 Å². The van der Waals surface area contributed by atoms with Gasteiger partial charge in [-0.1, -0.05) is 5.57 Å². The summed E-state index contributed by atoms with van der Waals surface area (Å²) in [5, 5.41) is 8.84. The molecule has 5 rings (SSSR count). The van der Waals surface area contributed by atoms with Gasteiger partial charge in [-0.05, 0) is 60.7 Å². The van der Waals surface area contributed by atoms with Gasteiger partial charge < -0.3 is 10.7 Å². The first-order chi connectivity index (χ1) is 16.4. The molecule has 0 bridgehead atoms. The molecule has 1 unspecified atom stereocenters. The van der Waals surface area contributed by atoms with Gasteiger partial charge in [-0.2, -0.15) is 5.10 Å². The Balaban J connectivity index is 1.53. The molecule has 0 radical (unpaired) electrons. The lowest BCUT2D eigenvalue weighted by Gasteiger charge is -2.44. The summed E-state index contributed by atoms with van der Waals surface area (Å²) in [5.41, 5.74) is 9.11. The molecule has 1 saturated heterocycles. The second-order valence-corrected chi connectivity index (χ2v) is 10.5. The number of benzene rings is 1. The number of nitrogens with two attached hydrogens (primary N) is 2. The number of fused-ring (bicyclic) bond motifs is 2. The molecule has 11 heteroatoms. The Bertz CT molecular complexity index is 1270. The highest BCUT2D eigenvalue weighted by molar-refractivity contribution is 8.00. The van der Waals surface area contributed by atoms with Crippen LogP contribution in [0.15, 0.2) is 58.8 Å². The summed E-state index contributed by atoms with van der Waals surface area (Å²) in [5.74, 6) is 5.42. The Morgan fingerprint density at radius 3 is 2.85 bits per heavy atom. The average molecular weight is 498 g/mol. The number of Topliss-reactive ketones (excluding diaryl/α,β-unsaturated/α-hetero) is 1. The van der Waals surface area contributed by atoms with Crippen LogP contribution in [0.2, 0.25) is 0 Å². The predicted molar refractivity (Wildman–Crippen MR) is 132 cm³/mol. The van der Waals surface area contributed by atoms with E-state index < -0.39 is 5.41 Å². The van der Waals surface area contributed by atoms with Crippen LogP contribution in [-0.2, 0) is 6.42 Å². The van der Waals surface area contributed by atoms with Gasteiger partial charge in [-0.15, -0.1) is 11.3 Å². The van der Waals surface area contributed by atoms with Crippen LogP contribution >= 0.6 is 23.3 Å². The number of carbonyl (C=O) groups excluding carboxylic acids is 1. The minimum absolute atomic E-state index is 0.0118. The molecule has 4 N–H and O–H groups in total. The molecule has 2 aliphatic rings. The van der Waals surface area contributed by atoms with Crippen LogP contribution in [0.4, 0.5) is 4.39 Å². The van der Waals surface area contributed by atoms with Crippen LogP contribution in [0.5, 0.6) is 0 Å². The molecule has 1 fully saturated rings. The van der Waals surface area contributed by atoms with Crippen molar-refractivity contribution in [1.82, 2.24) is 24.1 Å². The van der Waals surface area contributed by atoms with E-state index in [0.29, 0.717) is 29.4 Å². The summed E-state index contributed by atoms with van der Waals surface area (Å²) in [6.45, 7) is 1.22. The third-order valence-electron chi connectivity index (χ3n) is 6.08. The fraction of sp³-hybridized carbons (Fsp3) is 0.261. The lowest BCUT2D eigenvalue weighted by molar-refractivity contribution is 0.0781. The summed E-state index contributed by atoms with van der Waals surface area (Å²) in [6.07, 6.45) is 8.39. The van der Waals surface area contributed by atoms with Gasteiger partial charge in [0.2, 0.25) is 5.78 Å². The third kappa shape index (κ3) is 4.16. The van der Waals surface area contributed by atoms with Crippen molar-refractivity contribution in [1.29, 1.82) is 0 Å². The number of aromatic nitrogens is 3. The van der Waals surface area contributed by atoms with Crippen molar-refractivity contribution in [2.24, 2.45) is 17.0 Å². The van der Waals surface area contributed by atoms with Crippen LogP contribution in [-0.4, -0.2) is 50.0 Å². The summed E-state index contributed by atoms with van der Waals surface area (Å²) in [7, 11) is 1.71. The molecule has 176 valence electrons. The number of halogens is 1. The zero-order valence-electron chi connectivity index (χ0n) is 18.5.